The van der Waals surface area contributed by atoms with E-state index in [1.54, 1.807) is 0 Å². The molecular formula is C26H30N2O4. The first kappa shape index (κ1) is 21.9. The Balaban J connectivity index is 1.28. The lowest BCUT2D eigenvalue weighted by molar-refractivity contribution is -0.137. The van der Waals surface area contributed by atoms with Gasteiger partial charge < -0.3 is 19.3 Å². The Kier molecular flexibility index (Phi) is 7.10. The van der Waals surface area contributed by atoms with E-state index in [2.05, 4.69) is 12.1 Å². The summed E-state index contributed by atoms with van der Waals surface area (Å²) in [6.07, 6.45) is 4.19. The number of piperazine rings is 1. The first-order chi connectivity index (χ1) is 15.7. The van der Waals surface area contributed by atoms with Crippen LogP contribution in [0.2, 0.25) is 0 Å². The van der Waals surface area contributed by atoms with Crippen molar-refractivity contribution < 1.29 is 19.1 Å². The fourth-order valence-corrected chi connectivity index (χ4v) is 4.18. The maximum absolute atomic E-state index is 13.0. The number of carbonyl (C=O) groups excluding carboxylic acids is 2. The van der Waals surface area contributed by atoms with Crippen LogP contribution in [0.4, 0.5) is 0 Å². The van der Waals surface area contributed by atoms with E-state index < -0.39 is 0 Å². The molecule has 0 aromatic heterocycles. The van der Waals surface area contributed by atoms with Crippen molar-refractivity contribution in [3.8, 4) is 11.5 Å². The van der Waals surface area contributed by atoms with Crippen LogP contribution in [0.3, 0.4) is 0 Å². The van der Waals surface area contributed by atoms with E-state index in [0.29, 0.717) is 56.3 Å². The number of rotatable bonds is 7. The summed E-state index contributed by atoms with van der Waals surface area (Å²) in [7, 11) is 0. The molecule has 2 aliphatic rings. The van der Waals surface area contributed by atoms with E-state index in [0.717, 1.165) is 18.4 Å². The first-order valence-corrected chi connectivity index (χ1v) is 11.4. The average Bonchev–Trinajstić information content (AvgIpc) is 2.84. The summed E-state index contributed by atoms with van der Waals surface area (Å²) in [6, 6.07) is 15.9. The number of ether oxygens (including phenoxy) is 2. The van der Waals surface area contributed by atoms with Crippen molar-refractivity contribution in [2.45, 2.75) is 26.2 Å². The molecule has 6 heteroatoms. The Morgan fingerprint density at radius 2 is 1.72 bits per heavy atom. The molecule has 32 heavy (non-hydrogen) atoms. The molecule has 0 aliphatic carbocycles. The zero-order chi connectivity index (χ0) is 22.3. The Morgan fingerprint density at radius 3 is 2.47 bits per heavy atom. The Labute approximate surface area is 189 Å². The molecule has 0 atom stereocenters. The van der Waals surface area contributed by atoms with E-state index in [-0.39, 0.29) is 18.4 Å². The minimum Gasteiger partial charge on any atom is -0.490 e. The molecule has 1 saturated heterocycles. The van der Waals surface area contributed by atoms with E-state index in [4.69, 9.17) is 9.47 Å². The fourth-order valence-electron chi connectivity index (χ4n) is 4.18. The summed E-state index contributed by atoms with van der Waals surface area (Å²) in [4.78, 5) is 29.3. The van der Waals surface area contributed by atoms with Gasteiger partial charge in [0.25, 0.3) is 5.91 Å². The molecule has 2 heterocycles. The van der Waals surface area contributed by atoms with Crippen LogP contribution in [-0.4, -0.2) is 61.0 Å². The number of benzene rings is 2. The third-order valence-electron chi connectivity index (χ3n) is 5.90. The van der Waals surface area contributed by atoms with Gasteiger partial charge in [0.1, 0.15) is 6.61 Å². The summed E-state index contributed by atoms with van der Waals surface area (Å²) in [6.45, 7) is 4.98. The first-order valence-electron chi connectivity index (χ1n) is 11.4. The highest BCUT2D eigenvalue weighted by Crippen LogP contribution is 2.36. The summed E-state index contributed by atoms with van der Waals surface area (Å²) in [5, 5.41) is 0. The molecular weight excluding hydrogens is 404 g/mol. The van der Waals surface area contributed by atoms with Crippen LogP contribution in [0.15, 0.2) is 54.1 Å². The number of aryl methyl sites for hydroxylation is 1. The molecule has 2 aliphatic heterocycles. The normalized spacial score (nSPS) is 15.5. The van der Waals surface area contributed by atoms with Gasteiger partial charge in [0, 0.05) is 38.2 Å². The van der Waals surface area contributed by atoms with Crippen LogP contribution in [0.25, 0.3) is 6.08 Å². The molecule has 2 amide bonds. The second-order valence-corrected chi connectivity index (χ2v) is 8.08. The Morgan fingerprint density at radius 1 is 0.969 bits per heavy atom. The largest absolute Gasteiger partial charge is 0.490 e. The number of carbonyl (C=O) groups is 2. The summed E-state index contributed by atoms with van der Waals surface area (Å²) >= 11 is 0. The highest BCUT2D eigenvalue weighted by molar-refractivity contribution is 5.99. The third-order valence-corrected chi connectivity index (χ3v) is 5.90. The Bertz CT molecular complexity index is 979. The lowest BCUT2D eigenvalue weighted by Crippen LogP contribution is -2.51. The standard InChI is InChI=1S/C26H30N2O4/c1-2-31-23-12-7-11-21-18-22(19-32-25(21)23)26(30)28-16-14-27(15-17-28)24(29)13-6-10-20-8-4-3-5-9-20/h3-5,7-9,11-12,18H,2,6,10,13-17,19H2,1H3. The molecule has 0 spiro atoms. The number of fused-ring (bicyclic) bond motifs is 1. The quantitative estimate of drug-likeness (QED) is 0.669. The Hall–Kier alpha value is -3.28. The van der Waals surface area contributed by atoms with Gasteiger partial charge in [-0.3, -0.25) is 9.59 Å². The molecule has 1 fully saturated rings. The molecule has 0 unspecified atom stereocenters. The molecule has 0 N–H and O–H groups in total. The molecule has 4 rings (SSSR count). The monoisotopic (exact) mass is 434 g/mol. The van der Waals surface area contributed by atoms with Gasteiger partial charge in [0.15, 0.2) is 11.5 Å². The van der Waals surface area contributed by atoms with Gasteiger partial charge in [-0.05, 0) is 37.5 Å². The number of hydrogen-bond acceptors (Lipinski definition) is 4. The van der Waals surface area contributed by atoms with Crippen LogP contribution in [0.5, 0.6) is 11.5 Å². The molecule has 2 aromatic carbocycles. The summed E-state index contributed by atoms with van der Waals surface area (Å²) in [5.41, 5.74) is 2.75. The van der Waals surface area contributed by atoms with E-state index in [9.17, 15) is 9.59 Å². The number of nitrogens with zero attached hydrogens (tertiary/aromatic N) is 2. The second kappa shape index (κ2) is 10.4. The van der Waals surface area contributed by atoms with Gasteiger partial charge in [-0.15, -0.1) is 0 Å². The van der Waals surface area contributed by atoms with Crippen LogP contribution >= 0.6 is 0 Å². The van der Waals surface area contributed by atoms with E-state index >= 15 is 0 Å². The van der Waals surface area contributed by atoms with Gasteiger partial charge in [-0.25, -0.2) is 0 Å². The van der Waals surface area contributed by atoms with Crippen molar-refractivity contribution in [3.05, 3.63) is 65.2 Å². The van der Waals surface area contributed by atoms with Crippen LogP contribution < -0.4 is 9.47 Å². The fraction of sp³-hybridized carbons (Fsp3) is 0.385. The highest BCUT2D eigenvalue weighted by Gasteiger charge is 2.28. The van der Waals surface area contributed by atoms with Gasteiger partial charge in [-0.2, -0.15) is 0 Å². The van der Waals surface area contributed by atoms with Crippen molar-refractivity contribution >= 4 is 17.9 Å². The van der Waals surface area contributed by atoms with Gasteiger partial charge in [0.2, 0.25) is 5.91 Å². The molecule has 0 radical (unpaired) electrons. The van der Waals surface area contributed by atoms with Crippen LogP contribution in [0.1, 0.15) is 30.9 Å². The van der Waals surface area contributed by atoms with Gasteiger partial charge in [-0.1, -0.05) is 42.5 Å². The zero-order valence-corrected chi connectivity index (χ0v) is 18.6. The molecule has 0 saturated carbocycles. The molecule has 168 valence electrons. The SMILES string of the molecule is CCOc1cccc2c1OCC(C(=O)N1CCN(C(=O)CCCc3ccccc3)CC1)=C2. The molecule has 0 bridgehead atoms. The predicted molar refractivity (Wildman–Crippen MR) is 124 cm³/mol. The second-order valence-electron chi connectivity index (χ2n) is 8.08. The number of hydrogen-bond donors (Lipinski definition) is 0. The molecule has 6 nitrogen and oxygen atoms in total. The van der Waals surface area contributed by atoms with Crippen molar-refractivity contribution in [3.63, 3.8) is 0 Å². The minimum absolute atomic E-state index is 0.0198. The average molecular weight is 435 g/mol. The van der Waals surface area contributed by atoms with Crippen molar-refractivity contribution in [2.75, 3.05) is 39.4 Å². The minimum atomic E-state index is -0.0198. The predicted octanol–water partition coefficient (Wildman–Crippen LogP) is 3.55. The smallest absolute Gasteiger partial charge is 0.253 e. The van der Waals surface area contributed by atoms with Crippen molar-refractivity contribution in [1.82, 2.24) is 9.80 Å². The van der Waals surface area contributed by atoms with E-state index in [1.807, 2.05) is 59.2 Å². The summed E-state index contributed by atoms with van der Waals surface area (Å²) in [5.74, 6) is 1.54. The number of para-hydroxylation sites is 1. The van der Waals surface area contributed by atoms with Gasteiger partial charge in [0.05, 0.1) is 12.2 Å². The lowest BCUT2D eigenvalue weighted by atomic mass is 10.1. The van der Waals surface area contributed by atoms with Crippen molar-refractivity contribution in [2.24, 2.45) is 0 Å². The highest BCUT2D eigenvalue weighted by atomic mass is 16.5. The maximum Gasteiger partial charge on any atom is 0.253 e. The van der Waals surface area contributed by atoms with Crippen LogP contribution in [0, 0.1) is 0 Å². The maximum atomic E-state index is 13.0. The zero-order valence-electron chi connectivity index (χ0n) is 18.6. The van der Waals surface area contributed by atoms with Crippen molar-refractivity contribution in [1.29, 1.82) is 0 Å². The molecule has 2 aromatic rings. The number of amides is 2. The topological polar surface area (TPSA) is 59.1 Å². The van der Waals surface area contributed by atoms with Gasteiger partial charge >= 0.3 is 0 Å². The summed E-state index contributed by atoms with van der Waals surface area (Å²) < 4.78 is 11.5. The van der Waals surface area contributed by atoms with Crippen LogP contribution in [-0.2, 0) is 16.0 Å². The lowest BCUT2D eigenvalue weighted by Gasteiger charge is -2.35. The van der Waals surface area contributed by atoms with E-state index in [1.165, 1.54) is 5.56 Å². The third kappa shape index (κ3) is 5.13.